The summed E-state index contributed by atoms with van der Waals surface area (Å²) in [6.45, 7) is 1.31. The first-order chi connectivity index (χ1) is 16.1. The van der Waals surface area contributed by atoms with Crippen LogP contribution in [-0.4, -0.2) is 36.4 Å². The number of anilines is 1. The van der Waals surface area contributed by atoms with E-state index in [0.717, 1.165) is 23.1 Å². The Morgan fingerprint density at radius 3 is 1.97 bits per heavy atom. The summed E-state index contributed by atoms with van der Waals surface area (Å²) in [7, 11) is 0. The van der Waals surface area contributed by atoms with Gasteiger partial charge in [0, 0.05) is 11.6 Å². The Labute approximate surface area is 192 Å². The smallest absolute Gasteiger partial charge is 0.405 e. The molecule has 2 amide bonds. The van der Waals surface area contributed by atoms with Gasteiger partial charge < -0.3 is 20.5 Å². The summed E-state index contributed by atoms with van der Waals surface area (Å²) in [5, 5.41) is 14.8. The zero-order valence-corrected chi connectivity index (χ0v) is 18.1. The second-order valence-electron chi connectivity index (χ2n) is 7.85. The van der Waals surface area contributed by atoms with Crippen molar-refractivity contribution in [1.82, 2.24) is 5.32 Å². The fraction of sp³-hybridized carbons (Fsp3) is 0.185. The van der Waals surface area contributed by atoms with Crippen LogP contribution in [0.3, 0.4) is 0 Å². The van der Waals surface area contributed by atoms with Gasteiger partial charge in [-0.2, -0.15) is 0 Å². The van der Waals surface area contributed by atoms with Crippen LogP contribution in [0.4, 0.5) is 10.5 Å². The monoisotopic (exact) mass is 442 g/mol. The van der Waals surface area contributed by atoms with E-state index in [1.807, 2.05) is 84.9 Å². The standard InChI is InChI=1S/C27H26N2O4/c30-26(28-23-13-11-19(12-14-23)20-15-17-33-18-16-20)25(29-27(31)32)24(21-7-3-1-4-8-21)22-9-5-2-6-10-22/h1-15,24-25,29H,16-18H2,(H,28,30)(H,31,32). The van der Waals surface area contributed by atoms with E-state index >= 15 is 0 Å². The number of nitrogens with one attached hydrogen (secondary N) is 2. The summed E-state index contributed by atoms with van der Waals surface area (Å²) >= 11 is 0. The van der Waals surface area contributed by atoms with E-state index in [4.69, 9.17) is 4.74 Å². The van der Waals surface area contributed by atoms with Crippen molar-refractivity contribution in [3.05, 3.63) is 108 Å². The van der Waals surface area contributed by atoms with Crippen LogP contribution >= 0.6 is 0 Å². The molecule has 3 aromatic rings. The number of ether oxygens (including phenoxy) is 1. The Morgan fingerprint density at radius 1 is 0.848 bits per heavy atom. The summed E-state index contributed by atoms with van der Waals surface area (Å²) in [4.78, 5) is 25.0. The normalized spacial score (nSPS) is 14.3. The minimum Gasteiger partial charge on any atom is -0.465 e. The van der Waals surface area contributed by atoms with Crippen LogP contribution < -0.4 is 10.6 Å². The largest absolute Gasteiger partial charge is 0.465 e. The van der Waals surface area contributed by atoms with Gasteiger partial charge in [-0.05, 0) is 40.8 Å². The molecule has 3 aromatic carbocycles. The third-order valence-corrected chi connectivity index (χ3v) is 5.70. The van der Waals surface area contributed by atoms with Gasteiger partial charge in [-0.25, -0.2) is 4.79 Å². The molecule has 6 nitrogen and oxygen atoms in total. The highest BCUT2D eigenvalue weighted by Crippen LogP contribution is 2.29. The highest BCUT2D eigenvalue weighted by atomic mass is 16.5. The van der Waals surface area contributed by atoms with Gasteiger partial charge >= 0.3 is 6.09 Å². The van der Waals surface area contributed by atoms with Gasteiger partial charge in [-0.15, -0.1) is 0 Å². The summed E-state index contributed by atoms with van der Waals surface area (Å²) in [5.41, 5.74) is 4.60. The van der Waals surface area contributed by atoms with E-state index in [2.05, 4.69) is 16.7 Å². The van der Waals surface area contributed by atoms with Crippen LogP contribution in [0.1, 0.15) is 29.0 Å². The SMILES string of the molecule is O=C(O)NC(C(=O)Nc1ccc(C2=CCOCC2)cc1)C(c1ccccc1)c1ccccc1. The highest BCUT2D eigenvalue weighted by molar-refractivity contribution is 5.97. The van der Waals surface area contributed by atoms with Gasteiger partial charge in [0.25, 0.3) is 0 Å². The van der Waals surface area contributed by atoms with Crippen molar-refractivity contribution in [1.29, 1.82) is 0 Å². The number of carbonyl (C=O) groups excluding carboxylic acids is 1. The van der Waals surface area contributed by atoms with E-state index < -0.39 is 24.0 Å². The minimum atomic E-state index is -1.26. The maximum atomic E-state index is 13.4. The molecule has 1 unspecified atom stereocenters. The molecule has 0 saturated heterocycles. The van der Waals surface area contributed by atoms with Gasteiger partial charge in [-0.1, -0.05) is 78.9 Å². The molecule has 1 aliphatic rings. The number of rotatable bonds is 7. The molecule has 4 rings (SSSR count). The van der Waals surface area contributed by atoms with Crippen LogP contribution in [0.15, 0.2) is 91.0 Å². The van der Waals surface area contributed by atoms with E-state index in [-0.39, 0.29) is 0 Å². The summed E-state index contributed by atoms with van der Waals surface area (Å²) in [6, 6.07) is 25.5. The molecule has 3 N–H and O–H groups in total. The number of hydrogen-bond donors (Lipinski definition) is 3. The Bertz CT molecular complexity index is 1070. The maximum absolute atomic E-state index is 13.4. The van der Waals surface area contributed by atoms with Crippen molar-refractivity contribution in [2.45, 2.75) is 18.4 Å². The van der Waals surface area contributed by atoms with Gasteiger partial charge in [0.1, 0.15) is 6.04 Å². The van der Waals surface area contributed by atoms with Gasteiger partial charge in [0.05, 0.1) is 13.2 Å². The Kier molecular flexibility index (Phi) is 7.17. The van der Waals surface area contributed by atoms with Gasteiger partial charge in [0.2, 0.25) is 5.91 Å². The van der Waals surface area contributed by atoms with Crippen molar-refractivity contribution in [3.8, 4) is 0 Å². The molecule has 0 aliphatic carbocycles. The molecule has 0 bridgehead atoms. The van der Waals surface area contributed by atoms with E-state index in [1.165, 1.54) is 5.57 Å². The third-order valence-electron chi connectivity index (χ3n) is 5.70. The summed E-state index contributed by atoms with van der Waals surface area (Å²) in [6.07, 6.45) is 1.66. The first kappa shape index (κ1) is 22.3. The van der Waals surface area contributed by atoms with Crippen LogP contribution in [-0.2, 0) is 9.53 Å². The molecular formula is C27H26N2O4. The molecule has 168 valence electrons. The molecule has 1 atom stereocenters. The highest BCUT2D eigenvalue weighted by Gasteiger charge is 2.32. The van der Waals surface area contributed by atoms with Crippen molar-refractivity contribution in [2.24, 2.45) is 0 Å². The number of amides is 2. The first-order valence-electron chi connectivity index (χ1n) is 10.9. The lowest BCUT2D eigenvalue weighted by Crippen LogP contribution is -2.47. The predicted molar refractivity (Wildman–Crippen MR) is 128 cm³/mol. The van der Waals surface area contributed by atoms with Gasteiger partial charge in [-0.3, -0.25) is 4.79 Å². The molecule has 0 spiro atoms. The zero-order valence-electron chi connectivity index (χ0n) is 18.1. The molecule has 6 heteroatoms. The number of hydrogen-bond acceptors (Lipinski definition) is 3. The average Bonchev–Trinajstić information content (AvgIpc) is 2.86. The molecule has 0 aromatic heterocycles. The van der Waals surface area contributed by atoms with E-state index in [1.54, 1.807) is 0 Å². The van der Waals surface area contributed by atoms with Crippen molar-refractivity contribution in [2.75, 3.05) is 18.5 Å². The van der Waals surface area contributed by atoms with Crippen molar-refractivity contribution < 1.29 is 19.4 Å². The fourth-order valence-electron chi connectivity index (χ4n) is 4.11. The summed E-state index contributed by atoms with van der Waals surface area (Å²) < 4.78 is 5.36. The van der Waals surface area contributed by atoms with Crippen LogP contribution in [0, 0.1) is 0 Å². The maximum Gasteiger partial charge on any atom is 0.405 e. The van der Waals surface area contributed by atoms with Crippen LogP contribution in [0.2, 0.25) is 0 Å². The van der Waals surface area contributed by atoms with Crippen molar-refractivity contribution >= 4 is 23.3 Å². The molecule has 0 saturated carbocycles. The van der Waals surface area contributed by atoms with Crippen LogP contribution in [0.5, 0.6) is 0 Å². The molecule has 0 radical (unpaired) electrons. The third kappa shape index (κ3) is 5.67. The minimum absolute atomic E-state index is 0.423. The lowest BCUT2D eigenvalue weighted by Gasteiger charge is -2.27. The number of benzene rings is 3. The second kappa shape index (κ2) is 10.6. The Hall–Kier alpha value is -3.90. The van der Waals surface area contributed by atoms with Crippen molar-refractivity contribution in [3.63, 3.8) is 0 Å². The second-order valence-corrected chi connectivity index (χ2v) is 7.85. The molecule has 1 aliphatic heterocycles. The van der Waals surface area contributed by atoms with Crippen LogP contribution in [0.25, 0.3) is 5.57 Å². The number of carbonyl (C=O) groups is 2. The molecule has 33 heavy (non-hydrogen) atoms. The summed E-state index contributed by atoms with van der Waals surface area (Å²) in [5.74, 6) is -0.914. The number of carboxylic acid groups (broad SMARTS) is 1. The lowest BCUT2D eigenvalue weighted by atomic mass is 9.84. The molecule has 1 heterocycles. The first-order valence-corrected chi connectivity index (χ1v) is 10.9. The van der Waals surface area contributed by atoms with E-state index in [9.17, 15) is 14.7 Å². The Morgan fingerprint density at radius 2 is 1.45 bits per heavy atom. The quantitative estimate of drug-likeness (QED) is 0.486. The Balaban J connectivity index is 1.61. The molecule has 0 fully saturated rings. The fourth-order valence-corrected chi connectivity index (χ4v) is 4.11. The lowest BCUT2D eigenvalue weighted by molar-refractivity contribution is -0.118. The zero-order chi connectivity index (χ0) is 23.0. The van der Waals surface area contributed by atoms with E-state index in [0.29, 0.717) is 18.9 Å². The average molecular weight is 443 g/mol. The predicted octanol–water partition coefficient (Wildman–Crippen LogP) is 4.90. The topological polar surface area (TPSA) is 87.7 Å². The molecular weight excluding hydrogens is 416 g/mol. The van der Waals surface area contributed by atoms with Gasteiger partial charge in [0.15, 0.2) is 0 Å².